The topological polar surface area (TPSA) is 40.3 Å². The number of piperidine rings is 1. The van der Waals surface area contributed by atoms with Gasteiger partial charge in [0.05, 0.1) is 0 Å². The summed E-state index contributed by atoms with van der Waals surface area (Å²) in [6.07, 6.45) is 1.96. The van der Waals surface area contributed by atoms with Crippen LogP contribution < -0.4 is 0 Å². The highest BCUT2D eigenvalue weighted by Gasteiger charge is 2.48. The van der Waals surface area contributed by atoms with Crippen molar-refractivity contribution < 1.29 is 9.90 Å². The number of hydrogen-bond acceptors (Lipinski definition) is 2. The smallest absolute Gasteiger partial charge is 0.320 e. The van der Waals surface area contributed by atoms with Crippen LogP contribution in [-0.2, 0) is 4.79 Å². The molecule has 58 valence electrons. The molecular weight excluding hydrogens is 154 g/mol. The lowest BCUT2D eigenvalue weighted by Crippen LogP contribution is -2.25. The predicted molar refractivity (Wildman–Crippen MR) is 38.4 cm³/mol. The Bertz CT molecular complexity index is 162. The van der Waals surface area contributed by atoms with Gasteiger partial charge in [0.25, 0.3) is 0 Å². The molecule has 0 bridgehead atoms. The van der Waals surface area contributed by atoms with Gasteiger partial charge in [0.2, 0.25) is 0 Å². The van der Waals surface area contributed by atoms with E-state index >= 15 is 0 Å². The molecule has 0 aromatic rings. The Hall–Kier alpha value is -0.280. The zero-order chi connectivity index (χ0) is 6.43. The van der Waals surface area contributed by atoms with Gasteiger partial charge in [-0.3, -0.25) is 9.69 Å². The second-order valence-electron chi connectivity index (χ2n) is 2.78. The van der Waals surface area contributed by atoms with Crippen molar-refractivity contribution in [2.24, 2.45) is 0 Å². The highest BCUT2D eigenvalue weighted by Crippen LogP contribution is 2.35. The van der Waals surface area contributed by atoms with E-state index in [-0.39, 0.29) is 18.4 Å². The first kappa shape index (κ1) is 7.82. The van der Waals surface area contributed by atoms with E-state index in [0.29, 0.717) is 6.04 Å². The van der Waals surface area contributed by atoms with Gasteiger partial charge < -0.3 is 5.11 Å². The molecule has 2 fully saturated rings. The molecule has 2 aliphatic heterocycles. The van der Waals surface area contributed by atoms with Crippen LogP contribution in [-0.4, -0.2) is 34.6 Å². The Morgan fingerprint density at radius 3 is 2.40 bits per heavy atom. The molecule has 1 N–H and O–H groups in total. The van der Waals surface area contributed by atoms with Crippen LogP contribution in [0.15, 0.2) is 0 Å². The van der Waals surface area contributed by atoms with Gasteiger partial charge in [-0.1, -0.05) is 0 Å². The molecule has 0 aromatic heterocycles. The molecule has 3 nitrogen and oxygen atoms in total. The van der Waals surface area contributed by atoms with Crippen LogP contribution in [0, 0.1) is 0 Å². The SMILES string of the molecule is Cl.O=C(O)C1CCC2CN21. The normalized spacial score (nSPS) is 41.8. The number of fused-ring (bicyclic) bond motifs is 1. The van der Waals surface area contributed by atoms with Gasteiger partial charge in [0, 0.05) is 12.6 Å². The third-order valence-electron chi connectivity index (χ3n) is 2.22. The van der Waals surface area contributed by atoms with Crippen molar-refractivity contribution in [2.45, 2.75) is 24.9 Å². The maximum absolute atomic E-state index is 10.4. The summed E-state index contributed by atoms with van der Waals surface area (Å²) < 4.78 is 0. The summed E-state index contributed by atoms with van der Waals surface area (Å²) in [4.78, 5) is 12.4. The first-order valence-electron chi connectivity index (χ1n) is 3.27. The number of halogens is 1. The molecule has 2 aliphatic rings. The van der Waals surface area contributed by atoms with Gasteiger partial charge in [-0.15, -0.1) is 12.4 Å². The largest absolute Gasteiger partial charge is 0.480 e. The van der Waals surface area contributed by atoms with Crippen LogP contribution in [0.3, 0.4) is 0 Å². The average molecular weight is 164 g/mol. The molecule has 0 amide bonds. The zero-order valence-corrected chi connectivity index (χ0v) is 6.30. The van der Waals surface area contributed by atoms with Crippen molar-refractivity contribution in [3.63, 3.8) is 0 Å². The van der Waals surface area contributed by atoms with Gasteiger partial charge in [-0.05, 0) is 12.8 Å². The van der Waals surface area contributed by atoms with Gasteiger partial charge in [-0.25, -0.2) is 0 Å². The van der Waals surface area contributed by atoms with Crippen molar-refractivity contribution in [2.75, 3.05) is 6.54 Å². The number of aliphatic carboxylic acids is 1. The van der Waals surface area contributed by atoms with Crippen LogP contribution in [0.2, 0.25) is 0 Å². The number of rotatable bonds is 1. The van der Waals surface area contributed by atoms with Crippen molar-refractivity contribution in [3.05, 3.63) is 0 Å². The number of carboxylic acid groups (broad SMARTS) is 1. The van der Waals surface area contributed by atoms with Crippen molar-refractivity contribution >= 4 is 18.4 Å². The van der Waals surface area contributed by atoms with Gasteiger partial charge >= 0.3 is 5.97 Å². The van der Waals surface area contributed by atoms with Crippen LogP contribution in [0.1, 0.15) is 12.8 Å². The van der Waals surface area contributed by atoms with Crippen LogP contribution in [0.4, 0.5) is 0 Å². The zero-order valence-electron chi connectivity index (χ0n) is 5.49. The molecule has 3 atom stereocenters. The van der Waals surface area contributed by atoms with Gasteiger partial charge in [0.1, 0.15) is 6.04 Å². The van der Waals surface area contributed by atoms with Crippen LogP contribution in [0.25, 0.3) is 0 Å². The van der Waals surface area contributed by atoms with E-state index in [1.165, 1.54) is 0 Å². The average Bonchev–Trinajstić information content (AvgIpc) is 2.43. The van der Waals surface area contributed by atoms with Crippen molar-refractivity contribution in [1.29, 1.82) is 0 Å². The fourth-order valence-corrected chi connectivity index (χ4v) is 1.62. The fraction of sp³-hybridized carbons (Fsp3) is 0.833. The second-order valence-corrected chi connectivity index (χ2v) is 2.78. The van der Waals surface area contributed by atoms with Crippen molar-refractivity contribution in [3.8, 4) is 0 Å². The van der Waals surface area contributed by atoms with Gasteiger partial charge in [-0.2, -0.15) is 0 Å². The van der Waals surface area contributed by atoms with E-state index in [2.05, 4.69) is 0 Å². The van der Waals surface area contributed by atoms with Crippen LogP contribution >= 0.6 is 12.4 Å². The quantitative estimate of drug-likeness (QED) is 0.567. The molecule has 4 heteroatoms. The Morgan fingerprint density at radius 2 is 2.20 bits per heavy atom. The summed E-state index contributed by atoms with van der Waals surface area (Å²) in [5.74, 6) is -0.644. The number of carbonyl (C=O) groups is 1. The lowest BCUT2D eigenvalue weighted by atomic mass is 10.2. The molecular formula is C6H10ClNO2. The van der Waals surface area contributed by atoms with Crippen LogP contribution in [0.5, 0.6) is 0 Å². The van der Waals surface area contributed by atoms with Crippen molar-refractivity contribution in [1.82, 2.24) is 4.90 Å². The maximum atomic E-state index is 10.4. The van der Waals surface area contributed by atoms with E-state index in [1.54, 1.807) is 0 Å². The minimum Gasteiger partial charge on any atom is -0.480 e. The Kier molecular flexibility index (Phi) is 1.88. The molecule has 2 rings (SSSR count). The first-order chi connectivity index (χ1) is 4.29. The summed E-state index contributed by atoms with van der Waals surface area (Å²) in [6, 6.07) is 0.487. The molecule has 0 aliphatic carbocycles. The summed E-state index contributed by atoms with van der Waals surface area (Å²) in [5, 5.41) is 8.57. The minimum absolute atomic E-state index is 0. The molecule has 2 heterocycles. The summed E-state index contributed by atoms with van der Waals surface area (Å²) in [6.45, 7) is 1.02. The molecule has 3 unspecified atom stereocenters. The number of nitrogens with zero attached hydrogens (tertiary/aromatic N) is 1. The minimum atomic E-state index is -0.644. The predicted octanol–water partition coefficient (Wildman–Crippen LogP) is 0.339. The van der Waals surface area contributed by atoms with E-state index < -0.39 is 5.97 Å². The third-order valence-corrected chi connectivity index (χ3v) is 2.22. The Morgan fingerprint density at radius 1 is 1.50 bits per heavy atom. The van der Waals surface area contributed by atoms with Gasteiger partial charge in [0.15, 0.2) is 0 Å². The third kappa shape index (κ3) is 0.995. The number of hydrogen-bond donors (Lipinski definition) is 1. The standard InChI is InChI=1S/C6H9NO2.ClH/c8-6(9)5-2-1-4-3-7(4)5;/h4-5H,1-3H2,(H,8,9);1H. The highest BCUT2D eigenvalue weighted by molar-refractivity contribution is 5.85. The molecule has 0 radical (unpaired) electrons. The molecule has 10 heavy (non-hydrogen) atoms. The lowest BCUT2D eigenvalue weighted by molar-refractivity contribution is -0.140. The molecule has 0 saturated carbocycles. The maximum Gasteiger partial charge on any atom is 0.320 e. The molecule has 2 saturated heterocycles. The fourth-order valence-electron chi connectivity index (χ4n) is 1.62. The molecule has 0 spiro atoms. The summed E-state index contributed by atoms with van der Waals surface area (Å²) >= 11 is 0. The lowest BCUT2D eigenvalue weighted by Gasteiger charge is -2.04. The summed E-state index contributed by atoms with van der Waals surface area (Å²) in [7, 11) is 0. The Labute approximate surface area is 65.4 Å². The Balaban J connectivity index is 0.000000500. The van der Waals surface area contributed by atoms with E-state index in [9.17, 15) is 4.79 Å². The monoisotopic (exact) mass is 163 g/mol. The highest BCUT2D eigenvalue weighted by atomic mass is 35.5. The summed E-state index contributed by atoms with van der Waals surface area (Å²) in [5.41, 5.74) is 0. The van der Waals surface area contributed by atoms with E-state index in [0.717, 1.165) is 19.4 Å². The first-order valence-corrected chi connectivity index (χ1v) is 3.27. The number of carboxylic acids is 1. The molecule has 0 aromatic carbocycles. The van der Waals surface area contributed by atoms with E-state index in [4.69, 9.17) is 5.11 Å². The van der Waals surface area contributed by atoms with E-state index in [1.807, 2.05) is 4.90 Å². The second kappa shape index (κ2) is 2.40.